The van der Waals surface area contributed by atoms with Gasteiger partial charge in [-0.25, -0.2) is 4.39 Å². The third-order valence-corrected chi connectivity index (χ3v) is 2.77. The van der Waals surface area contributed by atoms with Gasteiger partial charge < -0.3 is 15.2 Å². The lowest BCUT2D eigenvalue weighted by atomic mass is 10.2. The molecule has 3 nitrogen and oxygen atoms in total. The summed E-state index contributed by atoms with van der Waals surface area (Å²) in [6.45, 7) is 0.583. The number of nitrogens with two attached hydrogens (primary N) is 1. The lowest BCUT2D eigenvalue weighted by Gasteiger charge is -2.08. The standard InChI is InChI=1S/C15H16FNO2/c1-18-13-6-2-4-11(8-13)9-19-10-12-5-3-7-14(17)15(12)16/h2-8H,9-10,17H2,1H3. The minimum absolute atomic E-state index is 0.141. The van der Waals surface area contributed by atoms with Crippen molar-refractivity contribution in [2.45, 2.75) is 13.2 Å². The van der Waals surface area contributed by atoms with Crippen LogP contribution in [0.1, 0.15) is 11.1 Å². The van der Waals surface area contributed by atoms with Crippen LogP contribution in [-0.2, 0) is 18.0 Å². The van der Waals surface area contributed by atoms with Gasteiger partial charge in [0.05, 0.1) is 26.0 Å². The number of hydrogen-bond donors (Lipinski definition) is 1. The Bertz CT molecular complexity index is 558. The molecule has 0 saturated heterocycles. The molecule has 4 heteroatoms. The average molecular weight is 261 g/mol. The Hall–Kier alpha value is -2.07. The summed E-state index contributed by atoms with van der Waals surface area (Å²) in [7, 11) is 1.61. The van der Waals surface area contributed by atoms with Crippen molar-refractivity contribution in [2.75, 3.05) is 12.8 Å². The van der Waals surface area contributed by atoms with Gasteiger partial charge in [0.15, 0.2) is 5.82 Å². The SMILES string of the molecule is COc1cccc(COCc2cccc(N)c2F)c1. The Balaban J connectivity index is 1.94. The molecule has 2 N–H and O–H groups in total. The van der Waals surface area contributed by atoms with Gasteiger partial charge in [0.2, 0.25) is 0 Å². The first-order valence-electron chi connectivity index (χ1n) is 5.94. The molecule has 19 heavy (non-hydrogen) atoms. The van der Waals surface area contributed by atoms with Crippen LogP contribution in [-0.4, -0.2) is 7.11 Å². The molecule has 0 unspecified atom stereocenters. The first kappa shape index (κ1) is 13.4. The van der Waals surface area contributed by atoms with Crippen molar-refractivity contribution in [2.24, 2.45) is 0 Å². The molecular formula is C15H16FNO2. The highest BCUT2D eigenvalue weighted by atomic mass is 19.1. The van der Waals surface area contributed by atoms with E-state index in [2.05, 4.69) is 0 Å². The van der Waals surface area contributed by atoms with Crippen molar-refractivity contribution >= 4 is 5.69 Å². The number of ether oxygens (including phenoxy) is 2. The Morgan fingerprint density at radius 3 is 2.68 bits per heavy atom. The predicted octanol–water partition coefficient (Wildman–Crippen LogP) is 3.13. The molecule has 0 aliphatic carbocycles. The van der Waals surface area contributed by atoms with Crippen molar-refractivity contribution < 1.29 is 13.9 Å². The van der Waals surface area contributed by atoms with E-state index in [4.69, 9.17) is 15.2 Å². The molecule has 100 valence electrons. The molecule has 0 amide bonds. The van der Waals surface area contributed by atoms with Crippen LogP contribution < -0.4 is 10.5 Å². The van der Waals surface area contributed by atoms with E-state index in [0.717, 1.165) is 11.3 Å². The first-order valence-corrected chi connectivity index (χ1v) is 5.94. The van der Waals surface area contributed by atoms with Gasteiger partial charge in [-0.3, -0.25) is 0 Å². The summed E-state index contributed by atoms with van der Waals surface area (Å²) >= 11 is 0. The summed E-state index contributed by atoms with van der Waals surface area (Å²) in [6, 6.07) is 12.5. The second-order valence-electron chi connectivity index (χ2n) is 4.16. The zero-order chi connectivity index (χ0) is 13.7. The number of methoxy groups -OCH3 is 1. The number of halogens is 1. The quantitative estimate of drug-likeness (QED) is 0.841. The van der Waals surface area contributed by atoms with E-state index in [1.54, 1.807) is 19.2 Å². The fraction of sp³-hybridized carbons (Fsp3) is 0.200. The Morgan fingerprint density at radius 2 is 1.89 bits per heavy atom. The molecule has 0 aliphatic rings. The molecule has 0 spiro atoms. The van der Waals surface area contributed by atoms with E-state index in [9.17, 15) is 4.39 Å². The molecule has 2 aromatic rings. The van der Waals surface area contributed by atoms with Crippen molar-refractivity contribution in [1.29, 1.82) is 0 Å². The van der Waals surface area contributed by atoms with Crippen molar-refractivity contribution in [3.8, 4) is 5.75 Å². The third kappa shape index (κ3) is 3.45. The highest BCUT2D eigenvalue weighted by Gasteiger charge is 2.05. The van der Waals surface area contributed by atoms with E-state index < -0.39 is 5.82 Å². The Labute approximate surface area is 111 Å². The number of anilines is 1. The maximum Gasteiger partial charge on any atom is 0.151 e. The fourth-order valence-electron chi connectivity index (χ4n) is 1.75. The molecular weight excluding hydrogens is 245 g/mol. The minimum Gasteiger partial charge on any atom is -0.497 e. The summed E-state index contributed by atoms with van der Waals surface area (Å²) < 4.78 is 24.2. The fourth-order valence-corrected chi connectivity index (χ4v) is 1.75. The van der Waals surface area contributed by atoms with Gasteiger partial charge in [0.1, 0.15) is 5.75 Å². The van der Waals surface area contributed by atoms with Crippen LogP contribution in [0.5, 0.6) is 5.75 Å². The molecule has 0 radical (unpaired) electrons. The van der Waals surface area contributed by atoms with Crippen LogP contribution in [0.3, 0.4) is 0 Å². The van der Waals surface area contributed by atoms with E-state index in [1.807, 2.05) is 24.3 Å². The van der Waals surface area contributed by atoms with Crippen LogP contribution in [0.2, 0.25) is 0 Å². The maximum absolute atomic E-state index is 13.6. The van der Waals surface area contributed by atoms with Gasteiger partial charge >= 0.3 is 0 Å². The molecule has 0 aromatic heterocycles. The number of rotatable bonds is 5. The van der Waals surface area contributed by atoms with Crippen LogP contribution in [0.25, 0.3) is 0 Å². The minimum atomic E-state index is -0.409. The van der Waals surface area contributed by atoms with E-state index in [-0.39, 0.29) is 12.3 Å². The van der Waals surface area contributed by atoms with Crippen LogP contribution in [0.15, 0.2) is 42.5 Å². The van der Waals surface area contributed by atoms with Crippen LogP contribution >= 0.6 is 0 Å². The maximum atomic E-state index is 13.6. The summed E-state index contributed by atoms with van der Waals surface area (Å²) in [6.07, 6.45) is 0. The van der Waals surface area contributed by atoms with Gasteiger partial charge in [0.25, 0.3) is 0 Å². The number of hydrogen-bond acceptors (Lipinski definition) is 3. The summed E-state index contributed by atoms with van der Waals surface area (Å²) in [5, 5.41) is 0. The van der Waals surface area contributed by atoms with Crippen molar-refractivity contribution in [1.82, 2.24) is 0 Å². The van der Waals surface area contributed by atoms with E-state index in [1.165, 1.54) is 6.07 Å². The summed E-state index contributed by atoms with van der Waals surface area (Å²) in [5.41, 5.74) is 7.07. The highest BCUT2D eigenvalue weighted by molar-refractivity contribution is 5.42. The van der Waals surface area contributed by atoms with Crippen LogP contribution in [0.4, 0.5) is 10.1 Å². The zero-order valence-corrected chi connectivity index (χ0v) is 10.7. The lowest BCUT2D eigenvalue weighted by Crippen LogP contribution is -2.00. The van der Waals surface area contributed by atoms with Crippen molar-refractivity contribution in [3.63, 3.8) is 0 Å². The van der Waals surface area contributed by atoms with Crippen LogP contribution in [0, 0.1) is 5.82 Å². The van der Waals surface area contributed by atoms with Gasteiger partial charge in [0, 0.05) is 5.56 Å². The predicted molar refractivity (Wildman–Crippen MR) is 72.3 cm³/mol. The van der Waals surface area contributed by atoms with E-state index >= 15 is 0 Å². The lowest BCUT2D eigenvalue weighted by molar-refractivity contribution is 0.105. The average Bonchev–Trinajstić information content (AvgIpc) is 2.44. The van der Waals surface area contributed by atoms with Gasteiger partial charge in [-0.1, -0.05) is 24.3 Å². The second-order valence-corrected chi connectivity index (χ2v) is 4.16. The smallest absolute Gasteiger partial charge is 0.151 e. The van der Waals surface area contributed by atoms with Crippen molar-refractivity contribution in [3.05, 3.63) is 59.4 Å². The number of nitrogen functional groups attached to an aromatic ring is 1. The summed E-state index contributed by atoms with van der Waals surface area (Å²) in [5.74, 6) is 0.365. The zero-order valence-electron chi connectivity index (χ0n) is 10.7. The molecule has 2 rings (SSSR count). The first-order chi connectivity index (χ1) is 9.20. The third-order valence-electron chi connectivity index (χ3n) is 2.77. The highest BCUT2D eigenvalue weighted by Crippen LogP contribution is 2.17. The number of benzene rings is 2. The molecule has 0 atom stereocenters. The normalized spacial score (nSPS) is 10.4. The molecule has 0 bridgehead atoms. The second kappa shape index (κ2) is 6.20. The molecule has 2 aromatic carbocycles. The monoisotopic (exact) mass is 261 g/mol. The van der Waals surface area contributed by atoms with E-state index in [0.29, 0.717) is 12.2 Å². The molecule has 0 fully saturated rings. The molecule has 0 saturated carbocycles. The van der Waals surface area contributed by atoms with Gasteiger partial charge in [-0.05, 0) is 23.8 Å². The topological polar surface area (TPSA) is 44.5 Å². The Morgan fingerprint density at radius 1 is 1.11 bits per heavy atom. The Kier molecular flexibility index (Phi) is 4.36. The molecule has 0 aliphatic heterocycles. The van der Waals surface area contributed by atoms with Gasteiger partial charge in [-0.2, -0.15) is 0 Å². The largest absolute Gasteiger partial charge is 0.497 e. The molecule has 0 heterocycles. The summed E-state index contributed by atoms with van der Waals surface area (Å²) in [4.78, 5) is 0. The van der Waals surface area contributed by atoms with Gasteiger partial charge in [-0.15, -0.1) is 0 Å².